The Balaban J connectivity index is 3.37. The third kappa shape index (κ3) is 19.9. The molecule has 0 atom stereocenters. The van der Waals surface area contributed by atoms with Gasteiger partial charge in [0.05, 0.1) is 5.75 Å². The van der Waals surface area contributed by atoms with Crippen molar-refractivity contribution < 1.29 is 17.8 Å². The molecule has 0 radical (unpaired) electrons. The van der Waals surface area contributed by atoms with Crippen LogP contribution >= 0.6 is 0 Å². The van der Waals surface area contributed by atoms with Crippen molar-refractivity contribution >= 4 is 16.0 Å². The van der Waals surface area contributed by atoms with Crippen LogP contribution in [0.1, 0.15) is 110 Å². The molecule has 0 bridgehead atoms. The SMILES string of the molecule is CCCCCCCCCCCCCCCC(=O)N(C)CCCCS(=O)(=O)O. The largest absolute Gasteiger partial charge is 0.346 e. The first-order valence-electron chi connectivity index (χ1n) is 11.1. The number of unbranched alkanes of at least 4 members (excludes halogenated alkanes) is 13. The number of hydrogen-bond donors (Lipinski definition) is 1. The lowest BCUT2D eigenvalue weighted by Gasteiger charge is -2.16. The maximum atomic E-state index is 12.0. The molecule has 1 amide bonds. The standard InChI is InChI=1S/C21H43NO4S/c1-3-4-5-6-7-8-9-10-11-12-13-14-15-18-21(23)22(2)19-16-17-20-27(24,25)26/h3-20H2,1-2H3,(H,24,25,26). The lowest BCUT2D eigenvalue weighted by molar-refractivity contribution is -0.130. The van der Waals surface area contributed by atoms with Crippen LogP contribution in [0.5, 0.6) is 0 Å². The molecular weight excluding hydrogens is 362 g/mol. The summed E-state index contributed by atoms with van der Waals surface area (Å²) in [5.41, 5.74) is 0. The van der Waals surface area contributed by atoms with Gasteiger partial charge in [0.25, 0.3) is 10.1 Å². The number of carbonyl (C=O) groups excluding carboxylic acids is 1. The van der Waals surface area contributed by atoms with E-state index in [1.807, 2.05) is 0 Å². The van der Waals surface area contributed by atoms with Crippen molar-refractivity contribution in [3.8, 4) is 0 Å². The van der Waals surface area contributed by atoms with Crippen LogP contribution in [-0.4, -0.2) is 43.1 Å². The average Bonchev–Trinajstić information content (AvgIpc) is 2.61. The van der Waals surface area contributed by atoms with Crippen molar-refractivity contribution in [2.24, 2.45) is 0 Å². The second-order valence-corrected chi connectivity index (χ2v) is 9.37. The zero-order chi connectivity index (χ0) is 20.4. The van der Waals surface area contributed by atoms with E-state index in [9.17, 15) is 13.2 Å². The molecule has 162 valence electrons. The third-order valence-corrected chi connectivity index (χ3v) is 5.87. The summed E-state index contributed by atoms with van der Waals surface area (Å²) in [5.74, 6) is -0.0987. The Morgan fingerprint density at radius 2 is 1.19 bits per heavy atom. The first kappa shape index (κ1) is 26.4. The molecule has 0 rings (SSSR count). The molecule has 0 aliphatic heterocycles. The Hall–Kier alpha value is -0.620. The van der Waals surface area contributed by atoms with Gasteiger partial charge in [0, 0.05) is 20.0 Å². The van der Waals surface area contributed by atoms with Crippen LogP contribution in [-0.2, 0) is 14.9 Å². The van der Waals surface area contributed by atoms with E-state index < -0.39 is 10.1 Å². The Bertz CT molecular complexity index is 451. The Kier molecular flexibility index (Phi) is 17.1. The van der Waals surface area contributed by atoms with Gasteiger partial charge in [-0.05, 0) is 19.3 Å². The molecule has 0 aromatic heterocycles. The normalized spacial score (nSPS) is 11.7. The Morgan fingerprint density at radius 1 is 0.741 bits per heavy atom. The van der Waals surface area contributed by atoms with Crippen molar-refractivity contribution in [3.05, 3.63) is 0 Å². The van der Waals surface area contributed by atoms with Crippen molar-refractivity contribution in [1.29, 1.82) is 0 Å². The second kappa shape index (κ2) is 17.5. The third-order valence-electron chi connectivity index (χ3n) is 5.07. The fraction of sp³-hybridized carbons (Fsp3) is 0.952. The van der Waals surface area contributed by atoms with E-state index in [0.717, 1.165) is 12.8 Å². The van der Waals surface area contributed by atoms with Crippen LogP contribution < -0.4 is 0 Å². The van der Waals surface area contributed by atoms with E-state index in [0.29, 0.717) is 25.8 Å². The van der Waals surface area contributed by atoms with Crippen molar-refractivity contribution in [2.45, 2.75) is 110 Å². The maximum Gasteiger partial charge on any atom is 0.264 e. The minimum absolute atomic E-state index is 0.130. The first-order valence-corrected chi connectivity index (χ1v) is 12.7. The van der Waals surface area contributed by atoms with Gasteiger partial charge in [-0.1, -0.05) is 84.0 Å². The summed E-state index contributed by atoms with van der Waals surface area (Å²) in [4.78, 5) is 13.7. The first-order chi connectivity index (χ1) is 12.9. The smallest absolute Gasteiger partial charge is 0.264 e. The van der Waals surface area contributed by atoms with E-state index >= 15 is 0 Å². The summed E-state index contributed by atoms with van der Waals surface area (Å²) in [7, 11) is -2.12. The summed E-state index contributed by atoms with van der Waals surface area (Å²) < 4.78 is 29.9. The Morgan fingerprint density at radius 3 is 1.63 bits per heavy atom. The van der Waals surface area contributed by atoms with E-state index in [1.54, 1.807) is 11.9 Å². The number of amides is 1. The number of rotatable bonds is 19. The molecule has 0 aliphatic carbocycles. The zero-order valence-corrected chi connectivity index (χ0v) is 18.6. The van der Waals surface area contributed by atoms with E-state index in [4.69, 9.17) is 4.55 Å². The maximum absolute atomic E-state index is 12.0. The molecule has 0 aliphatic rings. The summed E-state index contributed by atoms with van der Waals surface area (Å²) in [6.45, 7) is 2.80. The molecule has 0 spiro atoms. The van der Waals surface area contributed by atoms with Crippen LogP contribution in [0, 0.1) is 0 Å². The highest BCUT2D eigenvalue weighted by Gasteiger charge is 2.09. The van der Waals surface area contributed by atoms with Gasteiger partial charge >= 0.3 is 0 Å². The van der Waals surface area contributed by atoms with Crippen molar-refractivity contribution in [2.75, 3.05) is 19.3 Å². The highest BCUT2D eigenvalue weighted by molar-refractivity contribution is 7.85. The van der Waals surface area contributed by atoms with Gasteiger partial charge in [-0.3, -0.25) is 9.35 Å². The molecule has 1 N–H and O–H groups in total. The quantitative estimate of drug-likeness (QED) is 0.224. The molecule has 5 nitrogen and oxygen atoms in total. The summed E-state index contributed by atoms with van der Waals surface area (Å²) in [5, 5.41) is 0. The van der Waals surface area contributed by atoms with Crippen LogP contribution in [0.2, 0.25) is 0 Å². The van der Waals surface area contributed by atoms with Gasteiger partial charge in [-0.15, -0.1) is 0 Å². The number of hydrogen-bond acceptors (Lipinski definition) is 3. The molecule has 0 heterocycles. The van der Waals surface area contributed by atoms with Gasteiger partial charge in [0.2, 0.25) is 5.91 Å². The second-order valence-electron chi connectivity index (χ2n) is 7.80. The van der Waals surface area contributed by atoms with Gasteiger partial charge < -0.3 is 4.90 Å². The Labute approximate surface area is 168 Å². The van der Waals surface area contributed by atoms with Crippen LogP contribution in [0.3, 0.4) is 0 Å². The molecule has 0 saturated heterocycles. The molecule has 0 aromatic rings. The predicted octanol–water partition coefficient (Wildman–Crippen LogP) is 5.59. The van der Waals surface area contributed by atoms with Gasteiger partial charge in [-0.2, -0.15) is 8.42 Å². The van der Waals surface area contributed by atoms with Crippen LogP contribution in [0.25, 0.3) is 0 Å². The molecule has 0 saturated carbocycles. The summed E-state index contributed by atoms with van der Waals surface area (Å²) in [6, 6.07) is 0. The molecule has 6 heteroatoms. The number of nitrogens with zero attached hydrogens (tertiary/aromatic N) is 1. The van der Waals surface area contributed by atoms with Gasteiger partial charge in [-0.25, -0.2) is 0 Å². The van der Waals surface area contributed by atoms with E-state index in [1.165, 1.54) is 70.6 Å². The summed E-state index contributed by atoms with van der Waals surface area (Å²) in [6.07, 6.45) is 18.4. The highest BCUT2D eigenvalue weighted by Crippen LogP contribution is 2.13. The average molecular weight is 406 g/mol. The minimum atomic E-state index is -3.88. The van der Waals surface area contributed by atoms with Gasteiger partial charge in [0.1, 0.15) is 0 Å². The molecule has 0 fully saturated rings. The van der Waals surface area contributed by atoms with E-state index in [-0.39, 0.29) is 11.7 Å². The molecule has 0 unspecified atom stereocenters. The highest BCUT2D eigenvalue weighted by atomic mass is 32.2. The minimum Gasteiger partial charge on any atom is -0.346 e. The lowest BCUT2D eigenvalue weighted by Crippen LogP contribution is -2.27. The van der Waals surface area contributed by atoms with Crippen molar-refractivity contribution in [3.63, 3.8) is 0 Å². The topological polar surface area (TPSA) is 74.7 Å². The van der Waals surface area contributed by atoms with E-state index in [2.05, 4.69) is 6.92 Å². The number of carbonyl (C=O) groups is 1. The lowest BCUT2D eigenvalue weighted by atomic mass is 10.0. The van der Waals surface area contributed by atoms with Gasteiger partial charge in [0.15, 0.2) is 0 Å². The zero-order valence-electron chi connectivity index (χ0n) is 17.8. The monoisotopic (exact) mass is 405 g/mol. The van der Waals surface area contributed by atoms with Crippen LogP contribution in [0.4, 0.5) is 0 Å². The fourth-order valence-corrected chi connectivity index (χ4v) is 3.81. The fourth-order valence-electron chi connectivity index (χ4n) is 3.24. The molecule has 0 aromatic carbocycles. The molecule has 27 heavy (non-hydrogen) atoms. The summed E-state index contributed by atoms with van der Waals surface area (Å²) >= 11 is 0. The van der Waals surface area contributed by atoms with Crippen LogP contribution in [0.15, 0.2) is 0 Å². The molecular formula is C21H43NO4S. The van der Waals surface area contributed by atoms with Crippen molar-refractivity contribution in [1.82, 2.24) is 4.90 Å². The predicted molar refractivity (Wildman–Crippen MR) is 114 cm³/mol.